The van der Waals surface area contributed by atoms with Crippen LogP contribution < -0.4 is 5.32 Å². The number of ether oxygens (including phenoxy) is 1. The first-order valence-electron chi connectivity index (χ1n) is 7.89. The van der Waals surface area contributed by atoms with Crippen LogP contribution in [0, 0.1) is 6.92 Å². The number of aryl methyl sites for hydroxylation is 1. The monoisotopic (exact) mass is 334 g/mol. The molecule has 3 rings (SSSR count). The van der Waals surface area contributed by atoms with E-state index in [4.69, 9.17) is 4.74 Å². The van der Waals surface area contributed by atoms with E-state index in [0.717, 1.165) is 11.3 Å². The van der Waals surface area contributed by atoms with E-state index in [1.165, 1.54) is 0 Å². The second-order valence-corrected chi connectivity index (χ2v) is 5.63. The molecule has 0 saturated carbocycles. The number of benzene rings is 2. The number of hydrogen-bond donors (Lipinski definition) is 1. The molecule has 0 atom stereocenters. The number of hydrogen-bond acceptors (Lipinski definition) is 3. The lowest BCUT2D eigenvalue weighted by Crippen LogP contribution is -2.20. The SMILES string of the molecule is Cc1cccc(NC(=O)COC(=O)c2ccc(-n3cccc3)cc2)c1. The van der Waals surface area contributed by atoms with E-state index < -0.39 is 5.97 Å². The lowest BCUT2D eigenvalue weighted by atomic mass is 10.2. The number of esters is 1. The summed E-state index contributed by atoms with van der Waals surface area (Å²) in [7, 11) is 0. The number of nitrogens with one attached hydrogen (secondary N) is 1. The molecule has 3 aromatic rings. The van der Waals surface area contributed by atoms with Gasteiger partial charge in [-0.3, -0.25) is 4.79 Å². The normalized spacial score (nSPS) is 10.3. The van der Waals surface area contributed by atoms with E-state index in [-0.39, 0.29) is 12.5 Å². The average Bonchev–Trinajstić information content (AvgIpc) is 3.14. The largest absolute Gasteiger partial charge is 0.452 e. The zero-order valence-corrected chi connectivity index (χ0v) is 13.8. The van der Waals surface area contributed by atoms with Gasteiger partial charge < -0.3 is 14.6 Å². The van der Waals surface area contributed by atoms with E-state index >= 15 is 0 Å². The number of rotatable bonds is 5. The Balaban J connectivity index is 1.54. The van der Waals surface area contributed by atoms with Crippen LogP contribution in [0.5, 0.6) is 0 Å². The summed E-state index contributed by atoms with van der Waals surface area (Å²) >= 11 is 0. The van der Waals surface area contributed by atoms with Gasteiger partial charge in [-0.1, -0.05) is 12.1 Å². The standard InChI is InChI=1S/C20H18N2O3/c1-15-5-4-6-17(13-15)21-19(23)14-25-20(24)16-7-9-18(10-8-16)22-11-2-3-12-22/h2-13H,14H2,1H3,(H,21,23). The minimum absolute atomic E-state index is 0.327. The molecule has 0 aliphatic carbocycles. The summed E-state index contributed by atoms with van der Waals surface area (Å²) in [6, 6.07) is 18.3. The second kappa shape index (κ2) is 7.49. The van der Waals surface area contributed by atoms with Gasteiger partial charge in [-0.2, -0.15) is 0 Å². The van der Waals surface area contributed by atoms with Crippen molar-refractivity contribution in [1.82, 2.24) is 4.57 Å². The number of carbonyl (C=O) groups excluding carboxylic acids is 2. The van der Waals surface area contributed by atoms with Crippen molar-refractivity contribution < 1.29 is 14.3 Å². The van der Waals surface area contributed by atoms with Gasteiger partial charge in [0.15, 0.2) is 6.61 Å². The summed E-state index contributed by atoms with van der Waals surface area (Å²) < 4.78 is 7.00. The van der Waals surface area contributed by atoms with Crippen molar-refractivity contribution in [3.8, 4) is 5.69 Å². The highest BCUT2D eigenvalue weighted by Gasteiger charge is 2.10. The van der Waals surface area contributed by atoms with Crippen molar-refractivity contribution in [3.63, 3.8) is 0 Å². The molecule has 0 spiro atoms. The number of amides is 1. The van der Waals surface area contributed by atoms with Gasteiger partial charge in [0, 0.05) is 23.8 Å². The third-order valence-electron chi connectivity index (χ3n) is 3.64. The molecule has 0 bridgehead atoms. The van der Waals surface area contributed by atoms with Crippen LogP contribution >= 0.6 is 0 Å². The lowest BCUT2D eigenvalue weighted by Gasteiger charge is -2.08. The van der Waals surface area contributed by atoms with E-state index in [9.17, 15) is 9.59 Å². The minimum Gasteiger partial charge on any atom is -0.452 e. The fraction of sp³-hybridized carbons (Fsp3) is 0.100. The molecular weight excluding hydrogens is 316 g/mol. The van der Waals surface area contributed by atoms with Gasteiger partial charge in [0.2, 0.25) is 0 Å². The summed E-state index contributed by atoms with van der Waals surface area (Å²) in [5.74, 6) is -0.902. The molecule has 0 aliphatic rings. The fourth-order valence-corrected chi connectivity index (χ4v) is 2.41. The molecule has 5 heteroatoms. The Morgan fingerprint density at radius 1 is 1.00 bits per heavy atom. The molecule has 0 unspecified atom stereocenters. The van der Waals surface area contributed by atoms with E-state index in [0.29, 0.717) is 11.3 Å². The van der Waals surface area contributed by atoms with Crippen LogP contribution in [0.2, 0.25) is 0 Å². The van der Waals surface area contributed by atoms with Crippen LogP contribution in [0.15, 0.2) is 73.1 Å². The maximum atomic E-state index is 12.0. The fourth-order valence-electron chi connectivity index (χ4n) is 2.41. The molecule has 1 aromatic heterocycles. The van der Waals surface area contributed by atoms with Crippen molar-refractivity contribution in [1.29, 1.82) is 0 Å². The van der Waals surface area contributed by atoms with Gasteiger partial charge in [-0.05, 0) is 61.0 Å². The van der Waals surface area contributed by atoms with E-state index in [1.54, 1.807) is 18.2 Å². The van der Waals surface area contributed by atoms with Crippen LogP contribution in [0.4, 0.5) is 5.69 Å². The first-order chi connectivity index (χ1) is 12.1. The van der Waals surface area contributed by atoms with Crippen LogP contribution in [-0.4, -0.2) is 23.1 Å². The first-order valence-corrected chi connectivity index (χ1v) is 7.89. The zero-order chi connectivity index (χ0) is 17.6. The van der Waals surface area contributed by atoms with E-state index in [1.807, 2.05) is 66.3 Å². The van der Waals surface area contributed by atoms with Gasteiger partial charge in [0.05, 0.1) is 5.56 Å². The predicted octanol–water partition coefficient (Wildman–Crippen LogP) is 3.58. The predicted molar refractivity (Wildman–Crippen MR) is 95.9 cm³/mol. The topological polar surface area (TPSA) is 60.3 Å². The Bertz CT molecular complexity index is 868. The molecule has 1 amide bonds. The van der Waals surface area contributed by atoms with Gasteiger partial charge >= 0.3 is 5.97 Å². The molecule has 25 heavy (non-hydrogen) atoms. The van der Waals surface area contributed by atoms with Crippen molar-refractivity contribution in [2.75, 3.05) is 11.9 Å². The molecule has 0 fully saturated rings. The number of carbonyl (C=O) groups is 2. The highest BCUT2D eigenvalue weighted by molar-refractivity contribution is 5.95. The minimum atomic E-state index is -0.529. The van der Waals surface area contributed by atoms with Crippen molar-refractivity contribution in [2.24, 2.45) is 0 Å². The maximum absolute atomic E-state index is 12.0. The molecule has 0 saturated heterocycles. The van der Waals surface area contributed by atoms with Gasteiger partial charge in [0.1, 0.15) is 0 Å². The third kappa shape index (κ3) is 4.35. The third-order valence-corrected chi connectivity index (χ3v) is 3.64. The van der Waals surface area contributed by atoms with Gasteiger partial charge in [-0.25, -0.2) is 4.79 Å². The number of aromatic nitrogens is 1. The average molecular weight is 334 g/mol. The first kappa shape index (κ1) is 16.5. The summed E-state index contributed by atoms with van der Waals surface area (Å²) in [6.07, 6.45) is 3.84. The quantitative estimate of drug-likeness (QED) is 0.726. The molecular formula is C20H18N2O3. The van der Waals surface area contributed by atoms with Crippen LogP contribution in [0.1, 0.15) is 15.9 Å². The summed E-state index contributed by atoms with van der Waals surface area (Å²) in [5.41, 5.74) is 3.06. The zero-order valence-electron chi connectivity index (χ0n) is 13.8. The van der Waals surface area contributed by atoms with Crippen molar-refractivity contribution in [2.45, 2.75) is 6.92 Å². The van der Waals surface area contributed by atoms with Crippen LogP contribution in [-0.2, 0) is 9.53 Å². The summed E-state index contributed by atoms with van der Waals surface area (Å²) in [4.78, 5) is 23.9. The Morgan fingerprint density at radius 2 is 1.72 bits per heavy atom. The Hall–Kier alpha value is -3.34. The maximum Gasteiger partial charge on any atom is 0.338 e. The van der Waals surface area contributed by atoms with Crippen molar-refractivity contribution >= 4 is 17.6 Å². The molecule has 1 heterocycles. The highest BCUT2D eigenvalue weighted by atomic mass is 16.5. The number of anilines is 1. The van der Waals surface area contributed by atoms with Gasteiger partial charge in [-0.15, -0.1) is 0 Å². The van der Waals surface area contributed by atoms with Gasteiger partial charge in [0.25, 0.3) is 5.91 Å². The molecule has 2 aromatic carbocycles. The molecule has 0 aliphatic heterocycles. The van der Waals surface area contributed by atoms with Crippen LogP contribution in [0.25, 0.3) is 5.69 Å². The smallest absolute Gasteiger partial charge is 0.338 e. The van der Waals surface area contributed by atoms with Crippen molar-refractivity contribution in [3.05, 3.63) is 84.2 Å². The lowest BCUT2D eigenvalue weighted by molar-refractivity contribution is -0.119. The van der Waals surface area contributed by atoms with Crippen LogP contribution in [0.3, 0.4) is 0 Å². The molecule has 1 N–H and O–H groups in total. The summed E-state index contributed by atoms with van der Waals surface area (Å²) in [5, 5.41) is 2.70. The number of nitrogens with zero attached hydrogens (tertiary/aromatic N) is 1. The molecule has 5 nitrogen and oxygen atoms in total. The highest BCUT2D eigenvalue weighted by Crippen LogP contribution is 2.12. The second-order valence-electron chi connectivity index (χ2n) is 5.63. The Morgan fingerprint density at radius 3 is 2.40 bits per heavy atom. The molecule has 126 valence electrons. The summed E-state index contributed by atoms with van der Waals surface area (Å²) in [6.45, 7) is 1.61. The molecule has 0 radical (unpaired) electrons. The van der Waals surface area contributed by atoms with E-state index in [2.05, 4.69) is 5.32 Å². The Kier molecular flexibility index (Phi) is 4.95. The Labute approximate surface area is 145 Å².